The molecule has 0 heterocycles. The summed E-state index contributed by atoms with van der Waals surface area (Å²) in [4.78, 5) is 29.6. The molecule has 2 amide bonds. The molecule has 0 aromatic heterocycles. The maximum Gasteiger partial charge on any atom is 0.264 e. The number of hydrogen-bond acceptors (Lipinski definition) is 4. The topological polar surface area (TPSA) is 86.8 Å². The van der Waals surface area contributed by atoms with Crippen molar-refractivity contribution in [1.29, 1.82) is 0 Å². The summed E-state index contributed by atoms with van der Waals surface area (Å²) < 4.78 is 29.2. The summed E-state index contributed by atoms with van der Waals surface area (Å²) in [5.41, 5.74) is 3.40. The largest absolute Gasteiger partial charge is 0.352 e. The third-order valence-corrected chi connectivity index (χ3v) is 10.0. The van der Waals surface area contributed by atoms with Gasteiger partial charge in [-0.2, -0.15) is 0 Å². The van der Waals surface area contributed by atoms with Gasteiger partial charge in [-0.25, -0.2) is 8.42 Å². The third-order valence-electron chi connectivity index (χ3n) is 8.23. The molecule has 1 saturated carbocycles. The van der Waals surface area contributed by atoms with E-state index in [-0.39, 0.29) is 29.3 Å². The van der Waals surface area contributed by atoms with Crippen LogP contribution in [0.3, 0.4) is 0 Å². The molecule has 230 valence electrons. The highest BCUT2D eigenvalue weighted by Crippen LogP contribution is 2.27. The molecule has 0 unspecified atom stereocenters. The normalized spacial score (nSPS) is 14.7. The highest BCUT2D eigenvalue weighted by atomic mass is 32.2. The second kappa shape index (κ2) is 14.7. The zero-order valence-corrected chi connectivity index (χ0v) is 26.6. The average Bonchev–Trinajstić information content (AvgIpc) is 3.00. The molecule has 0 aliphatic heterocycles. The summed E-state index contributed by atoms with van der Waals surface area (Å²) in [7, 11) is -4.09. The van der Waals surface area contributed by atoms with Crippen molar-refractivity contribution in [3.63, 3.8) is 0 Å². The maximum absolute atomic E-state index is 14.3. The first-order chi connectivity index (χ1) is 20.6. The van der Waals surface area contributed by atoms with E-state index in [0.29, 0.717) is 12.1 Å². The molecule has 1 N–H and O–H groups in total. The van der Waals surface area contributed by atoms with Crippen molar-refractivity contribution in [1.82, 2.24) is 10.2 Å². The summed E-state index contributed by atoms with van der Waals surface area (Å²) in [5.74, 6) is -0.346. The van der Waals surface area contributed by atoms with Gasteiger partial charge in [-0.3, -0.25) is 13.9 Å². The fourth-order valence-electron chi connectivity index (χ4n) is 5.74. The molecule has 4 rings (SSSR count). The Morgan fingerprint density at radius 2 is 1.58 bits per heavy atom. The molecule has 43 heavy (non-hydrogen) atoms. The summed E-state index contributed by atoms with van der Waals surface area (Å²) >= 11 is 0. The standard InChI is InChI=1S/C35H45N3O4S/c1-5-33(35(40)36-30-15-8-6-9-16-30)37(24-28-14-12-13-27(4)23-28)34(39)25-38(31-21-19-29(20-22-31)26(2)3)43(41,42)32-17-10-7-11-18-32/h7,10-14,17-23,26,30,33H,5-6,8-9,15-16,24-25H2,1-4H3,(H,36,40)/t33-/m0/s1. The quantitative estimate of drug-likeness (QED) is 0.254. The van der Waals surface area contributed by atoms with Gasteiger partial charge in [0, 0.05) is 12.6 Å². The van der Waals surface area contributed by atoms with Crippen LogP contribution in [-0.4, -0.2) is 43.8 Å². The summed E-state index contributed by atoms with van der Waals surface area (Å²) in [5, 5.41) is 3.20. The molecular formula is C35H45N3O4S. The minimum absolute atomic E-state index is 0.0978. The van der Waals surface area contributed by atoms with E-state index in [0.717, 1.165) is 42.4 Å². The molecule has 0 radical (unpaired) electrons. The zero-order chi connectivity index (χ0) is 31.0. The Bertz CT molecular complexity index is 1470. The number of hydrogen-bond donors (Lipinski definition) is 1. The van der Waals surface area contributed by atoms with Gasteiger partial charge in [0.05, 0.1) is 10.6 Å². The van der Waals surface area contributed by atoms with Gasteiger partial charge in [0.1, 0.15) is 12.6 Å². The van der Waals surface area contributed by atoms with Gasteiger partial charge < -0.3 is 10.2 Å². The van der Waals surface area contributed by atoms with Crippen molar-refractivity contribution in [2.24, 2.45) is 0 Å². The Balaban J connectivity index is 1.71. The van der Waals surface area contributed by atoms with E-state index >= 15 is 0 Å². The Kier molecular flexibility index (Phi) is 11.0. The first-order valence-electron chi connectivity index (χ1n) is 15.4. The number of rotatable bonds is 12. The predicted octanol–water partition coefficient (Wildman–Crippen LogP) is 6.57. The number of amides is 2. The minimum atomic E-state index is -4.09. The lowest BCUT2D eigenvalue weighted by Gasteiger charge is -2.34. The van der Waals surface area contributed by atoms with E-state index in [1.807, 2.05) is 50.2 Å². The minimum Gasteiger partial charge on any atom is -0.352 e. The van der Waals surface area contributed by atoms with Crippen molar-refractivity contribution in [2.75, 3.05) is 10.8 Å². The lowest BCUT2D eigenvalue weighted by molar-refractivity contribution is -0.140. The lowest BCUT2D eigenvalue weighted by atomic mass is 9.95. The van der Waals surface area contributed by atoms with Crippen LogP contribution in [0.15, 0.2) is 83.8 Å². The van der Waals surface area contributed by atoms with Crippen LogP contribution in [0.4, 0.5) is 5.69 Å². The highest BCUT2D eigenvalue weighted by Gasteiger charge is 2.34. The number of carbonyl (C=O) groups excluding carboxylic acids is 2. The number of benzene rings is 3. The molecule has 1 aliphatic carbocycles. The first-order valence-corrected chi connectivity index (χ1v) is 16.9. The average molecular weight is 604 g/mol. The number of carbonyl (C=O) groups is 2. The second-order valence-corrected chi connectivity index (χ2v) is 13.7. The molecule has 0 spiro atoms. The van der Waals surface area contributed by atoms with Crippen LogP contribution in [0.1, 0.15) is 81.9 Å². The van der Waals surface area contributed by atoms with E-state index in [1.165, 1.54) is 22.9 Å². The fourth-order valence-corrected chi connectivity index (χ4v) is 7.18. The van der Waals surface area contributed by atoms with E-state index < -0.39 is 28.5 Å². The molecule has 0 saturated heterocycles. The van der Waals surface area contributed by atoms with Crippen molar-refractivity contribution in [3.8, 4) is 0 Å². The maximum atomic E-state index is 14.3. The van der Waals surface area contributed by atoms with Crippen molar-refractivity contribution >= 4 is 27.5 Å². The number of sulfonamides is 1. The Hall–Kier alpha value is -3.65. The van der Waals surface area contributed by atoms with Crippen LogP contribution in [0.5, 0.6) is 0 Å². The third kappa shape index (κ3) is 8.25. The number of nitrogens with zero attached hydrogens (tertiary/aromatic N) is 2. The van der Waals surface area contributed by atoms with Gasteiger partial charge in [-0.1, -0.05) is 100 Å². The van der Waals surface area contributed by atoms with Gasteiger partial charge in [0.15, 0.2) is 0 Å². The molecule has 7 nitrogen and oxygen atoms in total. The van der Waals surface area contributed by atoms with Crippen LogP contribution < -0.4 is 9.62 Å². The van der Waals surface area contributed by atoms with Crippen LogP contribution in [0.2, 0.25) is 0 Å². The monoisotopic (exact) mass is 603 g/mol. The Morgan fingerprint density at radius 1 is 0.907 bits per heavy atom. The van der Waals surface area contributed by atoms with Crippen LogP contribution in [0.25, 0.3) is 0 Å². The van der Waals surface area contributed by atoms with E-state index in [9.17, 15) is 18.0 Å². The first kappa shape index (κ1) is 32.3. The van der Waals surface area contributed by atoms with Gasteiger partial charge >= 0.3 is 0 Å². The summed E-state index contributed by atoms with van der Waals surface area (Å²) in [6, 6.07) is 22.7. The van der Waals surface area contributed by atoms with Crippen LogP contribution in [-0.2, 0) is 26.2 Å². The summed E-state index contributed by atoms with van der Waals surface area (Å²) in [6.45, 7) is 7.79. The van der Waals surface area contributed by atoms with E-state index in [1.54, 1.807) is 35.2 Å². The van der Waals surface area contributed by atoms with Gasteiger partial charge in [0.2, 0.25) is 11.8 Å². The molecular weight excluding hydrogens is 558 g/mol. The molecule has 0 bridgehead atoms. The fraction of sp³-hybridized carbons (Fsp3) is 0.429. The second-order valence-electron chi connectivity index (χ2n) is 11.8. The van der Waals surface area contributed by atoms with Crippen molar-refractivity contribution in [2.45, 2.75) is 95.7 Å². The zero-order valence-electron chi connectivity index (χ0n) is 25.8. The molecule has 3 aromatic rings. The van der Waals surface area contributed by atoms with Crippen LogP contribution >= 0.6 is 0 Å². The van der Waals surface area contributed by atoms with Gasteiger partial charge in [-0.15, -0.1) is 0 Å². The summed E-state index contributed by atoms with van der Waals surface area (Å²) in [6.07, 6.45) is 5.61. The predicted molar refractivity (Wildman–Crippen MR) is 172 cm³/mol. The molecule has 1 atom stereocenters. The van der Waals surface area contributed by atoms with Crippen LogP contribution in [0, 0.1) is 6.92 Å². The van der Waals surface area contributed by atoms with Crippen molar-refractivity contribution in [3.05, 3.63) is 95.6 Å². The molecule has 1 aliphatic rings. The van der Waals surface area contributed by atoms with Gasteiger partial charge in [-0.05, 0) is 67.5 Å². The number of aryl methyl sites for hydroxylation is 1. The van der Waals surface area contributed by atoms with E-state index in [4.69, 9.17) is 0 Å². The lowest BCUT2D eigenvalue weighted by Crippen LogP contribution is -2.54. The van der Waals surface area contributed by atoms with Crippen molar-refractivity contribution < 1.29 is 18.0 Å². The Morgan fingerprint density at radius 3 is 2.19 bits per heavy atom. The number of anilines is 1. The Labute approximate surface area is 257 Å². The molecule has 1 fully saturated rings. The van der Waals surface area contributed by atoms with Gasteiger partial charge in [0.25, 0.3) is 10.0 Å². The SMILES string of the molecule is CC[C@@H](C(=O)NC1CCCCC1)N(Cc1cccc(C)c1)C(=O)CN(c1ccc(C(C)C)cc1)S(=O)(=O)c1ccccc1. The highest BCUT2D eigenvalue weighted by molar-refractivity contribution is 7.92. The molecule has 8 heteroatoms. The smallest absolute Gasteiger partial charge is 0.264 e. The molecule has 3 aromatic carbocycles. The number of nitrogens with one attached hydrogen (secondary N) is 1. The van der Waals surface area contributed by atoms with E-state index in [2.05, 4.69) is 19.2 Å².